The van der Waals surface area contributed by atoms with Gasteiger partial charge in [0.2, 0.25) is 5.88 Å². The molecule has 0 atom stereocenters. The predicted octanol–water partition coefficient (Wildman–Crippen LogP) is 2.51. The maximum atomic E-state index is 11.9. The van der Waals surface area contributed by atoms with Crippen molar-refractivity contribution >= 4 is 11.7 Å². The van der Waals surface area contributed by atoms with Crippen molar-refractivity contribution in [2.45, 2.75) is 20.8 Å². The van der Waals surface area contributed by atoms with E-state index in [2.05, 4.69) is 15.3 Å². The van der Waals surface area contributed by atoms with Gasteiger partial charge in [-0.2, -0.15) is 0 Å². The Bertz CT molecular complexity index is 659. The normalized spacial score (nSPS) is 10.1. The number of nitrogens with zero attached hydrogens (tertiary/aromatic N) is 2. The zero-order valence-corrected chi connectivity index (χ0v) is 12.9. The Morgan fingerprint density at radius 2 is 1.95 bits per heavy atom. The van der Waals surface area contributed by atoms with Gasteiger partial charge in [-0.05, 0) is 44.0 Å². The lowest BCUT2D eigenvalue weighted by atomic mass is 10.1. The molecule has 0 unspecified atom stereocenters. The van der Waals surface area contributed by atoms with E-state index >= 15 is 0 Å². The fourth-order valence-corrected chi connectivity index (χ4v) is 1.77. The average molecular weight is 301 g/mol. The van der Waals surface area contributed by atoms with Gasteiger partial charge < -0.3 is 14.8 Å². The number of benzene rings is 1. The molecule has 0 bridgehead atoms. The van der Waals surface area contributed by atoms with E-state index in [4.69, 9.17) is 9.47 Å². The highest BCUT2D eigenvalue weighted by molar-refractivity contribution is 5.91. The molecule has 6 nitrogen and oxygen atoms in total. The molecule has 1 amide bonds. The summed E-state index contributed by atoms with van der Waals surface area (Å²) < 4.78 is 10.7. The summed E-state index contributed by atoms with van der Waals surface area (Å²) in [7, 11) is 0. The number of amides is 1. The summed E-state index contributed by atoms with van der Waals surface area (Å²) in [6.07, 6.45) is 1.34. The number of rotatable bonds is 6. The molecule has 1 aromatic heterocycles. The zero-order valence-electron chi connectivity index (χ0n) is 12.9. The minimum atomic E-state index is -0.292. The van der Waals surface area contributed by atoms with E-state index in [1.54, 1.807) is 6.07 Å². The van der Waals surface area contributed by atoms with Crippen LogP contribution in [-0.2, 0) is 4.79 Å². The molecule has 0 saturated heterocycles. The van der Waals surface area contributed by atoms with Crippen molar-refractivity contribution < 1.29 is 14.3 Å². The lowest BCUT2D eigenvalue weighted by molar-refractivity contribution is -0.118. The number of aryl methyl sites for hydroxylation is 2. The maximum Gasteiger partial charge on any atom is 0.263 e. The molecule has 1 N–H and O–H groups in total. The van der Waals surface area contributed by atoms with Crippen LogP contribution in [0.1, 0.15) is 18.1 Å². The summed E-state index contributed by atoms with van der Waals surface area (Å²) in [5.74, 6) is 1.17. The van der Waals surface area contributed by atoms with E-state index in [0.717, 1.165) is 5.56 Å². The molecule has 0 saturated carbocycles. The second-order valence-corrected chi connectivity index (χ2v) is 4.76. The molecule has 0 spiro atoms. The molecule has 2 aromatic rings. The number of ether oxygens (including phenoxy) is 2. The summed E-state index contributed by atoms with van der Waals surface area (Å²) in [4.78, 5) is 19.8. The van der Waals surface area contributed by atoms with Gasteiger partial charge in [-0.1, -0.05) is 6.07 Å². The number of anilines is 1. The molecule has 0 radical (unpaired) electrons. The number of carbonyl (C=O) groups excluding carboxylic acids is 1. The van der Waals surface area contributed by atoms with Gasteiger partial charge >= 0.3 is 0 Å². The first kappa shape index (κ1) is 15.8. The van der Waals surface area contributed by atoms with Crippen LogP contribution in [0.2, 0.25) is 0 Å². The lowest BCUT2D eigenvalue weighted by Crippen LogP contribution is -2.21. The Balaban J connectivity index is 1.90. The van der Waals surface area contributed by atoms with Crippen molar-refractivity contribution in [1.82, 2.24) is 9.97 Å². The van der Waals surface area contributed by atoms with Crippen molar-refractivity contribution in [3.8, 4) is 11.6 Å². The van der Waals surface area contributed by atoms with Crippen molar-refractivity contribution in [1.29, 1.82) is 0 Å². The third-order valence-corrected chi connectivity index (χ3v) is 3.05. The quantitative estimate of drug-likeness (QED) is 0.887. The van der Waals surface area contributed by atoms with Crippen molar-refractivity contribution in [2.75, 3.05) is 18.5 Å². The summed E-state index contributed by atoms with van der Waals surface area (Å²) in [5.41, 5.74) is 2.30. The molecule has 0 aliphatic heterocycles. The molecule has 0 aliphatic rings. The average Bonchev–Trinajstić information content (AvgIpc) is 2.49. The molecule has 0 fully saturated rings. The van der Waals surface area contributed by atoms with Crippen LogP contribution in [0.15, 0.2) is 30.6 Å². The highest BCUT2D eigenvalue weighted by Gasteiger charge is 2.07. The molecule has 1 aromatic carbocycles. The Hall–Kier alpha value is -2.63. The molecule has 6 heteroatoms. The first-order valence-corrected chi connectivity index (χ1v) is 7.03. The smallest absolute Gasteiger partial charge is 0.263 e. The second kappa shape index (κ2) is 7.40. The van der Waals surface area contributed by atoms with Crippen molar-refractivity contribution in [2.24, 2.45) is 0 Å². The van der Waals surface area contributed by atoms with Crippen LogP contribution < -0.4 is 14.8 Å². The largest absolute Gasteiger partial charge is 0.484 e. The molecule has 22 heavy (non-hydrogen) atoms. The number of nitrogens with one attached hydrogen (secondary N) is 1. The highest BCUT2D eigenvalue weighted by Crippen LogP contribution is 2.16. The lowest BCUT2D eigenvalue weighted by Gasteiger charge is -2.09. The predicted molar refractivity (Wildman–Crippen MR) is 83.2 cm³/mol. The summed E-state index contributed by atoms with van der Waals surface area (Å²) in [6, 6.07) is 7.27. The third kappa shape index (κ3) is 4.44. The van der Waals surface area contributed by atoms with Gasteiger partial charge in [-0.25, -0.2) is 9.97 Å². The van der Waals surface area contributed by atoms with Gasteiger partial charge in [0.15, 0.2) is 6.61 Å². The number of carbonyl (C=O) groups is 1. The van der Waals surface area contributed by atoms with Gasteiger partial charge in [0, 0.05) is 6.07 Å². The van der Waals surface area contributed by atoms with Crippen LogP contribution in [0.25, 0.3) is 0 Å². The SMILES string of the molecule is CCOc1cc(NC(=O)COc2ccc(C)c(C)c2)ncn1. The topological polar surface area (TPSA) is 73.3 Å². The molecular weight excluding hydrogens is 282 g/mol. The monoisotopic (exact) mass is 301 g/mol. The summed E-state index contributed by atoms with van der Waals surface area (Å²) in [5, 5.41) is 2.64. The van der Waals surface area contributed by atoms with E-state index in [1.807, 2.05) is 39.0 Å². The van der Waals surface area contributed by atoms with Crippen LogP contribution in [0.3, 0.4) is 0 Å². The standard InChI is InChI=1S/C16H19N3O3/c1-4-21-16-8-14(17-10-18-16)19-15(20)9-22-13-6-5-11(2)12(3)7-13/h5-8,10H,4,9H2,1-3H3,(H,17,18,19,20). The second-order valence-electron chi connectivity index (χ2n) is 4.76. The number of aromatic nitrogens is 2. The van der Waals surface area contributed by atoms with Crippen LogP contribution in [-0.4, -0.2) is 29.1 Å². The minimum absolute atomic E-state index is 0.0868. The van der Waals surface area contributed by atoms with Crippen LogP contribution >= 0.6 is 0 Å². The first-order chi connectivity index (χ1) is 10.6. The summed E-state index contributed by atoms with van der Waals surface area (Å²) >= 11 is 0. The van der Waals surface area contributed by atoms with Gasteiger partial charge in [-0.3, -0.25) is 4.79 Å². The number of hydrogen-bond acceptors (Lipinski definition) is 5. The van der Waals surface area contributed by atoms with Gasteiger partial charge in [0.05, 0.1) is 6.61 Å². The molecule has 1 heterocycles. The van der Waals surface area contributed by atoms with Crippen LogP contribution in [0, 0.1) is 13.8 Å². The molecule has 116 valence electrons. The van der Waals surface area contributed by atoms with E-state index in [1.165, 1.54) is 11.9 Å². The Kier molecular flexibility index (Phi) is 5.30. The Morgan fingerprint density at radius 3 is 2.68 bits per heavy atom. The maximum absolute atomic E-state index is 11.9. The Labute approximate surface area is 129 Å². The summed E-state index contributed by atoms with van der Waals surface area (Å²) in [6.45, 7) is 6.30. The van der Waals surface area contributed by atoms with E-state index < -0.39 is 0 Å². The first-order valence-electron chi connectivity index (χ1n) is 7.03. The van der Waals surface area contributed by atoms with Crippen molar-refractivity contribution in [3.05, 3.63) is 41.7 Å². The van der Waals surface area contributed by atoms with Crippen LogP contribution in [0.4, 0.5) is 5.82 Å². The fraction of sp³-hybridized carbons (Fsp3) is 0.312. The zero-order chi connectivity index (χ0) is 15.9. The third-order valence-electron chi connectivity index (χ3n) is 3.05. The molecule has 2 rings (SSSR count). The number of hydrogen-bond donors (Lipinski definition) is 1. The highest BCUT2D eigenvalue weighted by atomic mass is 16.5. The minimum Gasteiger partial charge on any atom is -0.484 e. The van der Waals surface area contributed by atoms with Gasteiger partial charge in [0.25, 0.3) is 5.91 Å². The van der Waals surface area contributed by atoms with E-state index in [-0.39, 0.29) is 12.5 Å². The van der Waals surface area contributed by atoms with Crippen LogP contribution in [0.5, 0.6) is 11.6 Å². The van der Waals surface area contributed by atoms with E-state index in [0.29, 0.717) is 24.1 Å². The molecule has 0 aliphatic carbocycles. The molecular formula is C16H19N3O3. The van der Waals surface area contributed by atoms with Crippen molar-refractivity contribution in [3.63, 3.8) is 0 Å². The Morgan fingerprint density at radius 1 is 1.14 bits per heavy atom. The van der Waals surface area contributed by atoms with Gasteiger partial charge in [-0.15, -0.1) is 0 Å². The van der Waals surface area contributed by atoms with Gasteiger partial charge in [0.1, 0.15) is 17.9 Å². The fourth-order valence-electron chi connectivity index (χ4n) is 1.77. The van der Waals surface area contributed by atoms with E-state index in [9.17, 15) is 4.79 Å².